The first-order valence-corrected chi connectivity index (χ1v) is 7.54. The Bertz CT molecular complexity index is 237. The molecule has 2 unspecified atom stereocenters. The highest BCUT2D eigenvalue weighted by atomic mass is 15.2. The number of nitrogens with zero attached hydrogens (tertiary/aromatic N) is 1. The van der Waals surface area contributed by atoms with Crippen LogP contribution in [0.2, 0.25) is 0 Å². The van der Waals surface area contributed by atoms with Crippen LogP contribution in [0, 0.1) is 11.3 Å². The van der Waals surface area contributed by atoms with E-state index < -0.39 is 0 Å². The molecule has 2 nitrogen and oxygen atoms in total. The van der Waals surface area contributed by atoms with Crippen molar-refractivity contribution >= 4 is 0 Å². The van der Waals surface area contributed by atoms with E-state index in [4.69, 9.17) is 0 Å². The molecular weight excluding hydrogens is 208 g/mol. The van der Waals surface area contributed by atoms with E-state index in [1.165, 1.54) is 58.3 Å². The molecule has 2 heteroatoms. The molecule has 0 radical (unpaired) electrons. The first-order chi connectivity index (χ1) is 8.08. The lowest BCUT2D eigenvalue weighted by molar-refractivity contribution is 0.127. The topological polar surface area (TPSA) is 15.3 Å². The molecule has 0 aliphatic carbocycles. The highest BCUT2D eigenvalue weighted by Gasteiger charge is 2.33. The summed E-state index contributed by atoms with van der Waals surface area (Å²) in [6, 6.07) is 0.699. The van der Waals surface area contributed by atoms with Gasteiger partial charge in [-0.15, -0.1) is 0 Å². The van der Waals surface area contributed by atoms with Gasteiger partial charge in [-0.05, 0) is 63.1 Å². The molecule has 0 aromatic heterocycles. The van der Waals surface area contributed by atoms with E-state index in [0.717, 1.165) is 5.92 Å². The molecule has 100 valence electrons. The van der Waals surface area contributed by atoms with Crippen molar-refractivity contribution in [2.75, 3.05) is 26.2 Å². The van der Waals surface area contributed by atoms with Crippen LogP contribution >= 0.6 is 0 Å². The van der Waals surface area contributed by atoms with Crippen molar-refractivity contribution in [3.8, 4) is 0 Å². The zero-order valence-corrected chi connectivity index (χ0v) is 12.0. The predicted octanol–water partition coefficient (Wildman–Crippen LogP) is 2.89. The third kappa shape index (κ3) is 3.69. The Morgan fingerprint density at radius 3 is 2.76 bits per heavy atom. The Hall–Kier alpha value is -0.0800. The second kappa shape index (κ2) is 5.71. The number of piperidine rings is 1. The molecule has 0 amide bonds. The first kappa shape index (κ1) is 13.4. The van der Waals surface area contributed by atoms with Gasteiger partial charge in [0.05, 0.1) is 0 Å². The second-order valence-electron chi connectivity index (χ2n) is 6.94. The first-order valence-electron chi connectivity index (χ1n) is 7.54. The Morgan fingerprint density at radius 2 is 2.00 bits per heavy atom. The Balaban J connectivity index is 1.86. The number of rotatable bonds is 2. The third-order valence-corrected chi connectivity index (χ3v) is 4.88. The molecule has 1 N–H and O–H groups in total. The Kier molecular flexibility index (Phi) is 4.48. The Labute approximate surface area is 107 Å². The lowest BCUT2D eigenvalue weighted by Crippen LogP contribution is -2.53. The van der Waals surface area contributed by atoms with Crippen molar-refractivity contribution in [1.82, 2.24) is 10.2 Å². The van der Waals surface area contributed by atoms with Crippen LogP contribution in [0.5, 0.6) is 0 Å². The van der Waals surface area contributed by atoms with E-state index in [-0.39, 0.29) is 0 Å². The van der Waals surface area contributed by atoms with Crippen LogP contribution in [-0.2, 0) is 0 Å². The van der Waals surface area contributed by atoms with Crippen LogP contribution in [0.4, 0.5) is 0 Å². The maximum Gasteiger partial charge on any atom is 0.0246 e. The molecule has 0 spiro atoms. The van der Waals surface area contributed by atoms with Gasteiger partial charge in [0.15, 0.2) is 0 Å². The molecule has 2 aliphatic heterocycles. The fourth-order valence-corrected chi connectivity index (χ4v) is 3.35. The molecule has 0 aromatic carbocycles. The fourth-order valence-electron chi connectivity index (χ4n) is 3.35. The van der Waals surface area contributed by atoms with E-state index in [1.54, 1.807) is 0 Å². The van der Waals surface area contributed by atoms with Crippen LogP contribution < -0.4 is 5.32 Å². The lowest BCUT2D eigenvalue weighted by atomic mass is 9.77. The number of nitrogens with one attached hydrogen (secondary N) is 1. The minimum Gasteiger partial charge on any atom is -0.312 e. The largest absolute Gasteiger partial charge is 0.312 e. The molecule has 2 heterocycles. The highest BCUT2D eigenvalue weighted by molar-refractivity contribution is 4.90. The number of hydrogen-bond acceptors (Lipinski definition) is 2. The molecular formula is C15H30N2. The molecule has 0 saturated carbocycles. The van der Waals surface area contributed by atoms with Gasteiger partial charge < -0.3 is 10.2 Å². The summed E-state index contributed by atoms with van der Waals surface area (Å²) in [5.74, 6) is 0.937. The van der Waals surface area contributed by atoms with Gasteiger partial charge in [-0.1, -0.05) is 20.8 Å². The van der Waals surface area contributed by atoms with E-state index in [2.05, 4.69) is 31.0 Å². The van der Waals surface area contributed by atoms with Crippen molar-refractivity contribution in [2.45, 2.75) is 58.9 Å². The molecule has 2 rings (SSSR count). The van der Waals surface area contributed by atoms with Gasteiger partial charge >= 0.3 is 0 Å². The molecule has 2 aliphatic rings. The zero-order valence-electron chi connectivity index (χ0n) is 12.0. The quantitative estimate of drug-likeness (QED) is 0.796. The van der Waals surface area contributed by atoms with Gasteiger partial charge in [0, 0.05) is 12.6 Å². The molecule has 2 saturated heterocycles. The summed E-state index contributed by atoms with van der Waals surface area (Å²) in [7, 11) is 0. The summed E-state index contributed by atoms with van der Waals surface area (Å²) in [6.07, 6.45) is 6.95. The van der Waals surface area contributed by atoms with Gasteiger partial charge in [-0.25, -0.2) is 0 Å². The van der Waals surface area contributed by atoms with Crippen molar-refractivity contribution in [2.24, 2.45) is 11.3 Å². The van der Waals surface area contributed by atoms with Crippen LogP contribution in [0.3, 0.4) is 0 Å². The van der Waals surface area contributed by atoms with Crippen LogP contribution in [0.25, 0.3) is 0 Å². The minimum absolute atomic E-state index is 0.482. The van der Waals surface area contributed by atoms with E-state index in [0.29, 0.717) is 11.5 Å². The zero-order chi connectivity index (χ0) is 12.3. The maximum atomic E-state index is 3.75. The van der Waals surface area contributed by atoms with Gasteiger partial charge in [-0.3, -0.25) is 0 Å². The summed E-state index contributed by atoms with van der Waals surface area (Å²) in [6.45, 7) is 12.4. The van der Waals surface area contributed by atoms with Crippen molar-refractivity contribution in [3.63, 3.8) is 0 Å². The van der Waals surface area contributed by atoms with Gasteiger partial charge in [0.25, 0.3) is 0 Å². The molecule has 0 bridgehead atoms. The summed E-state index contributed by atoms with van der Waals surface area (Å²) >= 11 is 0. The molecule has 0 aromatic rings. The SMILES string of the molecule is CC1CCCN(CC2NCCCC2(C)C)CC1. The minimum atomic E-state index is 0.482. The number of hydrogen-bond donors (Lipinski definition) is 1. The summed E-state index contributed by atoms with van der Waals surface area (Å²) in [5, 5.41) is 3.75. The van der Waals surface area contributed by atoms with E-state index in [9.17, 15) is 0 Å². The fraction of sp³-hybridized carbons (Fsp3) is 1.00. The van der Waals surface area contributed by atoms with Crippen molar-refractivity contribution in [3.05, 3.63) is 0 Å². The monoisotopic (exact) mass is 238 g/mol. The molecule has 17 heavy (non-hydrogen) atoms. The Morgan fingerprint density at radius 1 is 1.18 bits per heavy atom. The summed E-state index contributed by atoms with van der Waals surface area (Å²) in [5.41, 5.74) is 0.482. The third-order valence-electron chi connectivity index (χ3n) is 4.88. The lowest BCUT2D eigenvalue weighted by Gasteiger charge is -2.42. The van der Waals surface area contributed by atoms with Crippen molar-refractivity contribution in [1.29, 1.82) is 0 Å². The van der Waals surface area contributed by atoms with Crippen LogP contribution in [0.15, 0.2) is 0 Å². The smallest absolute Gasteiger partial charge is 0.0246 e. The van der Waals surface area contributed by atoms with Crippen LogP contribution in [-0.4, -0.2) is 37.1 Å². The molecule has 2 atom stereocenters. The van der Waals surface area contributed by atoms with E-state index >= 15 is 0 Å². The number of likely N-dealkylation sites (tertiary alicyclic amines) is 1. The summed E-state index contributed by atoms with van der Waals surface area (Å²) in [4.78, 5) is 2.70. The second-order valence-corrected chi connectivity index (χ2v) is 6.94. The van der Waals surface area contributed by atoms with Crippen molar-refractivity contribution < 1.29 is 0 Å². The summed E-state index contributed by atoms with van der Waals surface area (Å²) < 4.78 is 0. The normalized spacial score (nSPS) is 35.5. The molecule has 2 fully saturated rings. The average Bonchev–Trinajstić information content (AvgIpc) is 2.47. The van der Waals surface area contributed by atoms with Crippen LogP contribution in [0.1, 0.15) is 52.9 Å². The van der Waals surface area contributed by atoms with Gasteiger partial charge in [0.2, 0.25) is 0 Å². The van der Waals surface area contributed by atoms with Gasteiger partial charge in [-0.2, -0.15) is 0 Å². The maximum absolute atomic E-state index is 3.75. The standard InChI is InChI=1S/C15H30N2/c1-13-6-4-10-17(11-7-13)12-14-15(2,3)8-5-9-16-14/h13-14,16H,4-12H2,1-3H3. The van der Waals surface area contributed by atoms with Gasteiger partial charge in [0.1, 0.15) is 0 Å². The highest BCUT2D eigenvalue weighted by Crippen LogP contribution is 2.31. The van der Waals surface area contributed by atoms with E-state index in [1.807, 2.05) is 0 Å². The average molecular weight is 238 g/mol. The predicted molar refractivity (Wildman–Crippen MR) is 74.3 cm³/mol.